The smallest absolute Gasteiger partial charge is 0.308 e. The Morgan fingerprint density at radius 1 is 1.53 bits per heavy atom. The number of aromatic nitrogens is 2. The molecule has 6 heteroatoms. The van der Waals surface area contributed by atoms with Crippen LogP contribution in [0, 0.1) is 12.8 Å². The molecular weight excluding hydrogens is 246 g/mol. The van der Waals surface area contributed by atoms with Gasteiger partial charge in [0.25, 0.3) is 0 Å². The van der Waals surface area contributed by atoms with Gasteiger partial charge in [-0.15, -0.1) is 0 Å². The second kappa shape index (κ2) is 6.92. The quantitative estimate of drug-likeness (QED) is 0.811. The molecule has 0 aliphatic heterocycles. The highest BCUT2D eigenvalue weighted by Gasteiger charge is 2.16. The lowest BCUT2D eigenvalue weighted by Crippen LogP contribution is -2.29. The van der Waals surface area contributed by atoms with Crippen LogP contribution in [0.4, 0.5) is 5.95 Å². The van der Waals surface area contributed by atoms with Crippen LogP contribution in [-0.2, 0) is 4.79 Å². The predicted molar refractivity (Wildman–Crippen MR) is 72.6 cm³/mol. The van der Waals surface area contributed by atoms with E-state index in [0.717, 1.165) is 12.1 Å². The molecule has 1 aromatic heterocycles. The molecule has 0 radical (unpaired) electrons. The maximum atomic E-state index is 10.8. The Balaban J connectivity index is 2.81. The first-order valence-corrected chi connectivity index (χ1v) is 6.36. The molecule has 1 heterocycles. The van der Waals surface area contributed by atoms with Gasteiger partial charge in [0.1, 0.15) is 0 Å². The highest BCUT2D eigenvalue weighted by Crippen LogP contribution is 2.15. The van der Waals surface area contributed by atoms with Crippen LogP contribution in [0.15, 0.2) is 6.07 Å². The number of nitrogens with zero attached hydrogens (tertiary/aromatic N) is 3. The second-order valence-electron chi connectivity index (χ2n) is 4.62. The van der Waals surface area contributed by atoms with Gasteiger partial charge >= 0.3 is 5.97 Å². The van der Waals surface area contributed by atoms with E-state index in [-0.39, 0.29) is 0 Å². The summed E-state index contributed by atoms with van der Waals surface area (Å²) < 4.78 is 5.49. The van der Waals surface area contributed by atoms with E-state index in [1.54, 1.807) is 24.9 Å². The third-order valence-electron chi connectivity index (χ3n) is 2.58. The number of aryl methyl sites for hydroxylation is 1. The van der Waals surface area contributed by atoms with Crippen LogP contribution < -0.4 is 9.64 Å². The largest absolute Gasteiger partial charge is 0.481 e. The van der Waals surface area contributed by atoms with E-state index >= 15 is 0 Å². The monoisotopic (exact) mass is 267 g/mol. The van der Waals surface area contributed by atoms with Gasteiger partial charge in [0, 0.05) is 25.4 Å². The maximum Gasteiger partial charge on any atom is 0.308 e. The number of carboxylic acids is 1. The number of carbonyl (C=O) groups is 1. The standard InChI is InChI=1S/C13H21N3O3/c1-5-6-19-11-7-10(3)14-13(15-11)16(4)8-9(2)12(17)18/h7,9H,5-6,8H2,1-4H3,(H,17,18). The lowest BCUT2D eigenvalue weighted by molar-refractivity contribution is -0.140. The summed E-state index contributed by atoms with van der Waals surface area (Å²) in [7, 11) is 1.78. The van der Waals surface area contributed by atoms with E-state index in [4.69, 9.17) is 9.84 Å². The third kappa shape index (κ3) is 4.73. The topological polar surface area (TPSA) is 75.5 Å². The summed E-state index contributed by atoms with van der Waals surface area (Å²) in [5.74, 6) is -0.297. The number of carboxylic acid groups (broad SMARTS) is 1. The maximum absolute atomic E-state index is 10.8. The van der Waals surface area contributed by atoms with Gasteiger partial charge in [0.15, 0.2) is 0 Å². The highest BCUT2D eigenvalue weighted by molar-refractivity contribution is 5.70. The Bertz CT molecular complexity index is 437. The molecule has 1 unspecified atom stereocenters. The Morgan fingerprint density at radius 3 is 2.79 bits per heavy atom. The van der Waals surface area contributed by atoms with Crippen LogP contribution in [0.5, 0.6) is 5.88 Å². The van der Waals surface area contributed by atoms with Crippen LogP contribution in [0.2, 0.25) is 0 Å². The summed E-state index contributed by atoms with van der Waals surface area (Å²) >= 11 is 0. The van der Waals surface area contributed by atoms with Crippen molar-refractivity contribution in [2.45, 2.75) is 27.2 Å². The van der Waals surface area contributed by atoms with Crippen molar-refractivity contribution < 1.29 is 14.6 Å². The first-order valence-electron chi connectivity index (χ1n) is 6.36. The van der Waals surface area contributed by atoms with Crippen LogP contribution in [0.3, 0.4) is 0 Å². The molecule has 1 atom stereocenters. The van der Waals surface area contributed by atoms with Crippen molar-refractivity contribution in [1.82, 2.24) is 9.97 Å². The molecule has 1 aromatic rings. The van der Waals surface area contributed by atoms with E-state index in [1.807, 2.05) is 13.8 Å². The number of rotatable bonds is 7. The van der Waals surface area contributed by atoms with Crippen molar-refractivity contribution in [2.75, 3.05) is 25.1 Å². The van der Waals surface area contributed by atoms with Gasteiger partial charge in [0.2, 0.25) is 11.8 Å². The molecule has 1 rings (SSSR count). The molecule has 19 heavy (non-hydrogen) atoms. The minimum Gasteiger partial charge on any atom is -0.481 e. The molecule has 0 bridgehead atoms. The van der Waals surface area contributed by atoms with Gasteiger partial charge in [-0.2, -0.15) is 4.98 Å². The summed E-state index contributed by atoms with van der Waals surface area (Å²) in [6, 6.07) is 1.77. The molecule has 0 saturated carbocycles. The van der Waals surface area contributed by atoms with E-state index in [0.29, 0.717) is 25.0 Å². The molecule has 1 N–H and O–H groups in total. The molecule has 6 nitrogen and oxygen atoms in total. The second-order valence-corrected chi connectivity index (χ2v) is 4.62. The number of aliphatic carboxylic acids is 1. The zero-order valence-corrected chi connectivity index (χ0v) is 11.9. The first kappa shape index (κ1) is 15.2. The summed E-state index contributed by atoms with van der Waals surface area (Å²) in [6.45, 7) is 6.49. The highest BCUT2D eigenvalue weighted by atomic mass is 16.5. The Hall–Kier alpha value is -1.85. The minimum absolute atomic E-state index is 0.353. The van der Waals surface area contributed by atoms with Gasteiger partial charge in [-0.3, -0.25) is 4.79 Å². The summed E-state index contributed by atoms with van der Waals surface area (Å²) in [6.07, 6.45) is 0.907. The summed E-state index contributed by atoms with van der Waals surface area (Å²) in [4.78, 5) is 21.2. The van der Waals surface area contributed by atoms with E-state index in [9.17, 15) is 4.79 Å². The van der Waals surface area contributed by atoms with Gasteiger partial charge < -0.3 is 14.7 Å². The Kier molecular flexibility index (Phi) is 5.54. The molecule has 0 aromatic carbocycles. The molecule has 0 saturated heterocycles. The van der Waals surface area contributed by atoms with E-state index in [1.165, 1.54) is 0 Å². The summed E-state index contributed by atoms with van der Waals surface area (Å²) in [5.41, 5.74) is 0.797. The molecule has 106 valence electrons. The molecule has 0 fully saturated rings. The van der Waals surface area contributed by atoms with E-state index in [2.05, 4.69) is 9.97 Å². The lowest BCUT2D eigenvalue weighted by atomic mass is 10.2. The van der Waals surface area contributed by atoms with Gasteiger partial charge in [-0.25, -0.2) is 4.98 Å². The van der Waals surface area contributed by atoms with Crippen molar-refractivity contribution in [2.24, 2.45) is 5.92 Å². The zero-order chi connectivity index (χ0) is 14.4. The fourth-order valence-corrected chi connectivity index (χ4v) is 1.55. The average Bonchev–Trinajstić information content (AvgIpc) is 2.35. The van der Waals surface area contributed by atoms with Gasteiger partial charge in [-0.05, 0) is 13.3 Å². The summed E-state index contributed by atoms with van der Waals surface area (Å²) in [5, 5.41) is 8.91. The first-order chi connectivity index (χ1) is 8.93. The van der Waals surface area contributed by atoms with Crippen molar-refractivity contribution in [3.8, 4) is 5.88 Å². The Morgan fingerprint density at radius 2 is 2.21 bits per heavy atom. The van der Waals surface area contributed by atoms with Crippen LogP contribution in [-0.4, -0.2) is 41.2 Å². The zero-order valence-electron chi connectivity index (χ0n) is 11.9. The molecule has 0 aliphatic rings. The van der Waals surface area contributed by atoms with Crippen LogP contribution in [0.25, 0.3) is 0 Å². The molecule has 0 amide bonds. The Labute approximate surface area is 113 Å². The molecule has 0 spiro atoms. The van der Waals surface area contributed by atoms with Crippen molar-refractivity contribution >= 4 is 11.9 Å². The number of anilines is 1. The van der Waals surface area contributed by atoms with Crippen molar-refractivity contribution in [3.05, 3.63) is 11.8 Å². The van der Waals surface area contributed by atoms with E-state index < -0.39 is 11.9 Å². The molecular formula is C13H21N3O3. The van der Waals surface area contributed by atoms with Gasteiger partial charge in [0.05, 0.1) is 12.5 Å². The third-order valence-corrected chi connectivity index (χ3v) is 2.58. The fourth-order valence-electron chi connectivity index (χ4n) is 1.55. The number of ether oxygens (including phenoxy) is 1. The van der Waals surface area contributed by atoms with Crippen molar-refractivity contribution in [1.29, 1.82) is 0 Å². The normalized spacial score (nSPS) is 12.0. The minimum atomic E-state index is -0.832. The average molecular weight is 267 g/mol. The number of hydrogen-bond donors (Lipinski definition) is 1. The number of hydrogen-bond acceptors (Lipinski definition) is 5. The van der Waals surface area contributed by atoms with Crippen LogP contribution >= 0.6 is 0 Å². The van der Waals surface area contributed by atoms with Crippen LogP contribution in [0.1, 0.15) is 26.0 Å². The SMILES string of the molecule is CCCOc1cc(C)nc(N(C)CC(C)C(=O)O)n1. The van der Waals surface area contributed by atoms with Crippen molar-refractivity contribution in [3.63, 3.8) is 0 Å². The fraction of sp³-hybridized carbons (Fsp3) is 0.615. The lowest BCUT2D eigenvalue weighted by Gasteiger charge is -2.20. The molecule has 0 aliphatic carbocycles. The predicted octanol–water partition coefficient (Wildman–Crippen LogP) is 1.73. The van der Waals surface area contributed by atoms with Gasteiger partial charge in [-0.1, -0.05) is 13.8 Å².